The number of hydrogen-bond donors (Lipinski definition) is 0. The molecule has 4 heteroatoms. The van der Waals surface area contributed by atoms with Crippen molar-refractivity contribution in [3.8, 4) is 16.9 Å². The molecule has 4 nitrogen and oxygen atoms in total. The van der Waals surface area contributed by atoms with Crippen LogP contribution in [0.2, 0.25) is 0 Å². The lowest BCUT2D eigenvalue weighted by atomic mass is 9.95. The number of benzene rings is 2. The molecule has 0 aromatic heterocycles. The highest BCUT2D eigenvalue weighted by Crippen LogP contribution is 2.34. The number of carbonyl (C=O) groups is 2. The Morgan fingerprint density at radius 3 is 2.23 bits per heavy atom. The fourth-order valence-electron chi connectivity index (χ4n) is 2.38. The van der Waals surface area contributed by atoms with Crippen LogP contribution in [0.5, 0.6) is 5.75 Å². The van der Waals surface area contributed by atoms with Crippen LogP contribution in [0.1, 0.15) is 22.8 Å². The second-order valence-corrected chi connectivity index (χ2v) is 4.94. The van der Waals surface area contributed by atoms with E-state index in [9.17, 15) is 9.59 Å². The summed E-state index contributed by atoms with van der Waals surface area (Å²) >= 11 is 0. The molecule has 0 aliphatic heterocycles. The lowest BCUT2D eigenvalue weighted by Crippen LogP contribution is -2.02. The summed E-state index contributed by atoms with van der Waals surface area (Å²) in [5, 5.41) is 0. The molecule has 2 aromatic carbocycles. The molecule has 22 heavy (non-hydrogen) atoms. The molecule has 0 aliphatic carbocycles. The highest BCUT2D eigenvalue weighted by atomic mass is 16.5. The van der Waals surface area contributed by atoms with E-state index in [0.717, 1.165) is 16.7 Å². The van der Waals surface area contributed by atoms with Gasteiger partial charge in [-0.15, -0.1) is 0 Å². The summed E-state index contributed by atoms with van der Waals surface area (Å²) in [5.41, 5.74) is 3.14. The number of hydrogen-bond acceptors (Lipinski definition) is 4. The second kappa shape index (κ2) is 6.89. The van der Waals surface area contributed by atoms with Gasteiger partial charge in [0.05, 0.1) is 19.8 Å². The van der Waals surface area contributed by atoms with Crippen LogP contribution in [0.15, 0.2) is 42.5 Å². The van der Waals surface area contributed by atoms with Gasteiger partial charge in [0.2, 0.25) is 0 Å². The molecule has 0 fully saturated rings. The number of ketones is 1. The zero-order chi connectivity index (χ0) is 16.1. The fraction of sp³-hybridized carbons (Fsp3) is 0.222. The number of ether oxygens (including phenoxy) is 2. The van der Waals surface area contributed by atoms with Crippen LogP contribution in [0.25, 0.3) is 11.1 Å². The molecule has 114 valence electrons. The van der Waals surface area contributed by atoms with E-state index < -0.39 is 0 Å². The van der Waals surface area contributed by atoms with Crippen molar-refractivity contribution in [2.24, 2.45) is 0 Å². The van der Waals surface area contributed by atoms with Crippen molar-refractivity contribution in [1.29, 1.82) is 0 Å². The van der Waals surface area contributed by atoms with Gasteiger partial charge in [-0.2, -0.15) is 0 Å². The van der Waals surface area contributed by atoms with Crippen LogP contribution < -0.4 is 4.74 Å². The summed E-state index contributed by atoms with van der Waals surface area (Å²) in [6.07, 6.45) is 0.339. The van der Waals surface area contributed by atoms with Crippen LogP contribution >= 0.6 is 0 Å². The summed E-state index contributed by atoms with van der Waals surface area (Å²) in [6.45, 7) is 1.56. The van der Waals surface area contributed by atoms with E-state index in [1.807, 2.05) is 30.3 Å². The van der Waals surface area contributed by atoms with E-state index in [4.69, 9.17) is 9.47 Å². The highest BCUT2D eigenvalue weighted by Gasteiger charge is 2.14. The summed E-state index contributed by atoms with van der Waals surface area (Å²) < 4.78 is 10.1. The summed E-state index contributed by atoms with van der Waals surface area (Å²) in [5.74, 6) is 0.404. The topological polar surface area (TPSA) is 52.6 Å². The molecule has 0 heterocycles. The number of carbonyl (C=O) groups excluding carboxylic acids is 2. The van der Waals surface area contributed by atoms with Crippen LogP contribution in [0.4, 0.5) is 0 Å². The van der Waals surface area contributed by atoms with Crippen LogP contribution in [-0.2, 0) is 16.0 Å². The molecule has 0 saturated carbocycles. The van der Waals surface area contributed by atoms with Gasteiger partial charge in [-0.1, -0.05) is 24.3 Å². The van der Waals surface area contributed by atoms with Gasteiger partial charge < -0.3 is 9.47 Å². The van der Waals surface area contributed by atoms with E-state index in [-0.39, 0.29) is 11.8 Å². The maximum atomic E-state index is 11.5. The highest BCUT2D eigenvalue weighted by molar-refractivity contribution is 5.90. The minimum absolute atomic E-state index is 0.0840. The minimum Gasteiger partial charge on any atom is -0.496 e. The monoisotopic (exact) mass is 298 g/mol. The standard InChI is InChI=1S/C18H18O4/c1-12(19)11-15-5-4-6-16(21-2)17(15)13-7-9-14(10-8-13)18(20)22-3/h4-10H,11H2,1-3H3. The largest absolute Gasteiger partial charge is 0.496 e. The zero-order valence-corrected chi connectivity index (χ0v) is 12.9. The molecule has 0 N–H and O–H groups in total. The molecule has 0 atom stereocenters. The van der Waals surface area contributed by atoms with E-state index in [1.54, 1.807) is 26.2 Å². The van der Waals surface area contributed by atoms with Crippen molar-refractivity contribution in [3.63, 3.8) is 0 Å². The van der Waals surface area contributed by atoms with Crippen molar-refractivity contribution in [3.05, 3.63) is 53.6 Å². The third-order valence-corrected chi connectivity index (χ3v) is 3.37. The second-order valence-electron chi connectivity index (χ2n) is 4.94. The average Bonchev–Trinajstić information content (AvgIpc) is 2.53. The normalized spacial score (nSPS) is 10.1. The lowest BCUT2D eigenvalue weighted by Gasteiger charge is -2.14. The molecule has 0 bridgehead atoms. The maximum absolute atomic E-state index is 11.5. The Balaban J connectivity index is 2.50. The van der Waals surface area contributed by atoms with Gasteiger partial charge in [0.1, 0.15) is 11.5 Å². The Bertz CT molecular complexity index is 687. The van der Waals surface area contributed by atoms with Crippen molar-refractivity contribution in [2.75, 3.05) is 14.2 Å². The van der Waals surface area contributed by atoms with Crippen molar-refractivity contribution >= 4 is 11.8 Å². The molecule has 0 unspecified atom stereocenters. The predicted molar refractivity (Wildman–Crippen MR) is 84.2 cm³/mol. The zero-order valence-electron chi connectivity index (χ0n) is 12.9. The van der Waals surface area contributed by atoms with E-state index >= 15 is 0 Å². The van der Waals surface area contributed by atoms with Gasteiger partial charge >= 0.3 is 5.97 Å². The predicted octanol–water partition coefficient (Wildman–Crippen LogP) is 3.28. The van der Waals surface area contributed by atoms with E-state index in [0.29, 0.717) is 17.7 Å². The van der Waals surface area contributed by atoms with Crippen LogP contribution in [0, 0.1) is 0 Å². The first-order chi connectivity index (χ1) is 10.6. The smallest absolute Gasteiger partial charge is 0.337 e. The molecular weight excluding hydrogens is 280 g/mol. The van der Waals surface area contributed by atoms with Gasteiger partial charge in [0.25, 0.3) is 0 Å². The lowest BCUT2D eigenvalue weighted by molar-refractivity contribution is -0.116. The molecule has 0 aliphatic rings. The van der Waals surface area contributed by atoms with Crippen LogP contribution in [-0.4, -0.2) is 26.0 Å². The van der Waals surface area contributed by atoms with Gasteiger partial charge in [-0.25, -0.2) is 4.79 Å². The summed E-state index contributed by atoms with van der Waals surface area (Å²) in [6, 6.07) is 12.7. The van der Waals surface area contributed by atoms with Gasteiger partial charge in [-0.05, 0) is 36.2 Å². The Morgan fingerprint density at radius 2 is 1.68 bits per heavy atom. The SMILES string of the molecule is COC(=O)c1ccc(-c2c(CC(C)=O)cccc2OC)cc1. The molecule has 0 saturated heterocycles. The molecular formula is C18H18O4. The number of rotatable bonds is 5. The Labute approximate surface area is 129 Å². The fourth-order valence-corrected chi connectivity index (χ4v) is 2.38. The van der Waals surface area contributed by atoms with E-state index in [2.05, 4.69) is 0 Å². The minimum atomic E-state index is -0.379. The van der Waals surface area contributed by atoms with Crippen LogP contribution in [0.3, 0.4) is 0 Å². The Kier molecular flexibility index (Phi) is 4.94. The van der Waals surface area contributed by atoms with Gasteiger partial charge in [-0.3, -0.25) is 4.79 Å². The first kappa shape index (κ1) is 15.8. The first-order valence-corrected chi connectivity index (χ1v) is 6.91. The first-order valence-electron chi connectivity index (χ1n) is 6.91. The molecule has 0 amide bonds. The summed E-state index contributed by atoms with van der Waals surface area (Å²) in [4.78, 5) is 23.0. The van der Waals surface area contributed by atoms with Gasteiger partial charge in [0, 0.05) is 12.0 Å². The molecule has 0 radical (unpaired) electrons. The third-order valence-electron chi connectivity index (χ3n) is 3.37. The van der Waals surface area contributed by atoms with Crippen molar-refractivity contribution in [1.82, 2.24) is 0 Å². The number of esters is 1. The third kappa shape index (κ3) is 3.34. The maximum Gasteiger partial charge on any atom is 0.337 e. The Hall–Kier alpha value is -2.62. The van der Waals surface area contributed by atoms with Crippen molar-refractivity contribution in [2.45, 2.75) is 13.3 Å². The molecule has 0 spiro atoms. The average molecular weight is 298 g/mol. The van der Waals surface area contributed by atoms with Crippen molar-refractivity contribution < 1.29 is 19.1 Å². The summed E-state index contributed by atoms with van der Waals surface area (Å²) in [7, 11) is 2.95. The quantitative estimate of drug-likeness (QED) is 0.795. The van der Waals surface area contributed by atoms with E-state index in [1.165, 1.54) is 7.11 Å². The van der Waals surface area contributed by atoms with Gasteiger partial charge in [0.15, 0.2) is 0 Å². The molecule has 2 rings (SSSR count). The molecule has 2 aromatic rings. The Morgan fingerprint density at radius 1 is 1.00 bits per heavy atom. The number of Topliss-reactive ketones (excluding diaryl/α,β-unsaturated/α-hetero) is 1. The number of methoxy groups -OCH3 is 2.